The number of hydrogen-bond acceptors (Lipinski definition) is 2. The SMILES string of the molecule is Cc1ccccc1[C@@H](C)NC(C)C(=O)Nc1ccccc1. The lowest BCUT2D eigenvalue weighted by Gasteiger charge is -2.21. The van der Waals surface area contributed by atoms with E-state index < -0.39 is 0 Å². The summed E-state index contributed by atoms with van der Waals surface area (Å²) in [4.78, 5) is 12.2. The highest BCUT2D eigenvalue weighted by Crippen LogP contribution is 2.17. The summed E-state index contributed by atoms with van der Waals surface area (Å²) in [5.74, 6) is -0.0263. The van der Waals surface area contributed by atoms with Crippen molar-refractivity contribution in [2.24, 2.45) is 0 Å². The van der Waals surface area contributed by atoms with Crippen molar-refractivity contribution in [2.45, 2.75) is 32.9 Å². The van der Waals surface area contributed by atoms with Crippen LogP contribution in [-0.2, 0) is 4.79 Å². The smallest absolute Gasteiger partial charge is 0.241 e. The lowest BCUT2D eigenvalue weighted by molar-refractivity contribution is -0.117. The highest BCUT2D eigenvalue weighted by molar-refractivity contribution is 5.94. The topological polar surface area (TPSA) is 41.1 Å². The Bertz CT molecular complexity index is 595. The Morgan fingerprint density at radius 2 is 1.57 bits per heavy atom. The van der Waals surface area contributed by atoms with Crippen molar-refractivity contribution in [3.63, 3.8) is 0 Å². The summed E-state index contributed by atoms with van der Waals surface area (Å²) in [5, 5.41) is 6.26. The van der Waals surface area contributed by atoms with Crippen LogP contribution in [0.4, 0.5) is 5.69 Å². The molecule has 110 valence electrons. The molecule has 0 aliphatic heterocycles. The van der Waals surface area contributed by atoms with Crippen LogP contribution in [-0.4, -0.2) is 11.9 Å². The first-order chi connectivity index (χ1) is 10.1. The summed E-state index contributed by atoms with van der Waals surface area (Å²) in [6, 6.07) is 17.6. The fraction of sp³-hybridized carbons (Fsp3) is 0.278. The first-order valence-corrected chi connectivity index (χ1v) is 7.25. The zero-order valence-electron chi connectivity index (χ0n) is 12.8. The van der Waals surface area contributed by atoms with Gasteiger partial charge >= 0.3 is 0 Å². The Hall–Kier alpha value is -2.13. The number of benzene rings is 2. The zero-order chi connectivity index (χ0) is 15.2. The summed E-state index contributed by atoms with van der Waals surface area (Å²) < 4.78 is 0. The lowest BCUT2D eigenvalue weighted by Crippen LogP contribution is -2.39. The molecule has 2 atom stereocenters. The number of nitrogens with one attached hydrogen (secondary N) is 2. The van der Waals surface area contributed by atoms with Gasteiger partial charge in [0.1, 0.15) is 0 Å². The Morgan fingerprint density at radius 1 is 0.952 bits per heavy atom. The predicted octanol–water partition coefficient (Wildman–Crippen LogP) is 3.67. The maximum Gasteiger partial charge on any atom is 0.241 e. The summed E-state index contributed by atoms with van der Waals surface area (Å²) in [5.41, 5.74) is 3.27. The molecule has 0 spiro atoms. The van der Waals surface area contributed by atoms with Crippen molar-refractivity contribution in [1.82, 2.24) is 5.32 Å². The fourth-order valence-corrected chi connectivity index (χ4v) is 2.39. The van der Waals surface area contributed by atoms with Gasteiger partial charge < -0.3 is 5.32 Å². The van der Waals surface area contributed by atoms with Gasteiger partial charge in [-0.15, -0.1) is 0 Å². The largest absolute Gasteiger partial charge is 0.325 e. The molecular formula is C18H22N2O. The number of rotatable bonds is 5. The molecule has 0 saturated carbocycles. The molecule has 21 heavy (non-hydrogen) atoms. The standard InChI is InChI=1S/C18H22N2O/c1-13-9-7-8-12-17(13)14(2)19-15(3)18(21)20-16-10-5-4-6-11-16/h4-12,14-15,19H,1-3H3,(H,20,21)/t14-,15?/m1/s1. The van der Waals surface area contributed by atoms with Gasteiger partial charge in [-0.3, -0.25) is 10.1 Å². The zero-order valence-corrected chi connectivity index (χ0v) is 12.8. The molecule has 1 amide bonds. The van der Waals surface area contributed by atoms with Crippen LogP contribution in [0.2, 0.25) is 0 Å². The molecule has 0 heterocycles. The van der Waals surface area contributed by atoms with E-state index in [1.807, 2.05) is 49.4 Å². The van der Waals surface area contributed by atoms with Crippen molar-refractivity contribution >= 4 is 11.6 Å². The van der Waals surface area contributed by atoms with Gasteiger partial charge in [0, 0.05) is 11.7 Å². The van der Waals surface area contributed by atoms with E-state index in [0.29, 0.717) is 0 Å². The minimum Gasteiger partial charge on any atom is -0.325 e. The summed E-state index contributed by atoms with van der Waals surface area (Å²) in [6.07, 6.45) is 0. The van der Waals surface area contributed by atoms with Gasteiger partial charge in [0.15, 0.2) is 0 Å². The minimum absolute atomic E-state index is 0.0263. The van der Waals surface area contributed by atoms with E-state index in [9.17, 15) is 4.79 Å². The normalized spacial score (nSPS) is 13.5. The van der Waals surface area contributed by atoms with E-state index in [-0.39, 0.29) is 18.0 Å². The van der Waals surface area contributed by atoms with E-state index >= 15 is 0 Å². The van der Waals surface area contributed by atoms with Gasteiger partial charge in [-0.25, -0.2) is 0 Å². The molecule has 1 unspecified atom stereocenters. The second kappa shape index (κ2) is 7.04. The Labute approximate surface area is 126 Å². The molecule has 0 aliphatic rings. The molecule has 2 aromatic rings. The quantitative estimate of drug-likeness (QED) is 0.878. The average molecular weight is 282 g/mol. The van der Waals surface area contributed by atoms with E-state index in [1.54, 1.807) is 0 Å². The molecule has 0 aliphatic carbocycles. The molecule has 2 aromatic carbocycles. The molecule has 2 N–H and O–H groups in total. The molecule has 0 fully saturated rings. The maximum atomic E-state index is 12.2. The predicted molar refractivity (Wildman–Crippen MR) is 87.3 cm³/mol. The van der Waals surface area contributed by atoms with Crippen LogP contribution < -0.4 is 10.6 Å². The minimum atomic E-state index is -0.264. The third kappa shape index (κ3) is 4.17. The number of para-hydroxylation sites is 1. The molecule has 3 nitrogen and oxygen atoms in total. The number of amides is 1. The Balaban J connectivity index is 1.96. The number of aryl methyl sites for hydroxylation is 1. The van der Waals surface area contributed by atoms with E-state index in [2.05, 4.69) is 36.6 Å². The molecule has 0 aromatic heterocycles. The third-order valence-electron chi connectivity index (χ3n) is 3.59. The van der Waals surface area contributed by atoms with Gasteiger partial charge in [0.05, 0.1) is 6.04 Å². The summed E-state index contributed by atoms with van der Waals surface area (Å²) in [6.45, 7) is 6.05. The third-order valence-corrected chi connectivity index (χ3v) is 3.59. The number of carbonyl (C=O) groups is 1. The highest BCUT2D eigenvalue weighted by Gasteiger charge is 2.17. The summed E-state index contributed by atoms with van der Waals surface area (Å²) in [7, 11) is 0. The second-order valence-electron chi connectivity index (χ2n) is 5.32. The van der Waals surface area contributed by atoms with Crippen LogP contribution >= 0.6 is 0 Å². The van der Waals surface area contributed by atoms with Gasteiger partial charge in [-0.1, -0.05) is 42.5 Å². The monoisotopic (exact) mass is 282 g/mol. The second-order valence-corrected chi connectivity index (χ2v) is 5.32. The van der Waals surface area contributed by atoms with Gasteiger partial charge in [0.25, 0.3) is 0 Å². The molecule has 0 radical (unpaired) electrons. The van der Waals surface area contributed by atoms with Crippen molar-refractivity contribution < 1.29 is 4.79 Å². The number of hydrogen-bond donors (Lipinski definition) is 2. The Morgan fingerprint density at radius 3 is 2.24 bits per heavy atom. The molecule has 0 saturated heterocycles. The van der Waals surface area contributed by atoms with Crippen LogP contribution in [0.5, 0.6) is 0 Å². The van der Waals surface area contributed by atoms with Gasteiger partial charge in [-0.2, -0.15) is 0 Å². The molecular weight excluding hydrogens is 260 g/mol. The van der Waals surface area contributed by atoms with E-state index in [0.717, 1.165) is 5.69 Å². The first kappa shape index (κ1) is 15.3. The molecule has 3 heteroatoms. The van der Waals surface area contributed by atoms with Crippen molar-refractivity contribution in [2.75, 3.05) is 5.32 Å². The van der Waals surface area contributed by atoms with E-state index in [4.69, 9.17) is 0 Å². The van der Waals surface area contributed by atoms with E-state index in [1.165, 1.54) is 11.1 Å². The van der Waals surface area contributed by atoms with Crippen LogP contribution in [0.3, 0.4) is 0 Å². The van der Waals surface area contributed by atoms with Crippen LogP contribution in [0.1, 0.15) is 31.0 Å². The number of carbonyl (C=O) groups excluding carboxylic acids is 1. The van der Waals surface area contributed by atoms with Crippen LogP contribution in [0, 0.1) is 6.92 Å². The fourth-order valence-electron chi connectivity index (χ4n) is 2.39. The van der Waals surface area contributed by atoms with Crippen LogP contribution in [0.15, 0.2) is 54.6 Å². The first-order valence-electron chi connectivity index (χ1n) is 7.25. The Kier molecular flexibility index (Phi) is 5.12. The van der Waals surface area contributed by atoms with Crippen molar-refractivity contribution in [1.29, 1.82) is 0 Å². The molecule has 2 rings (SSSR count). The van der Waals surface area contributed by atoms with Gasteiger partial charge in [-0.05, 0) is 44.0 Å². The summed E-state index contributed by atoms with van der Waals surface area (Å²) >= 11 is 0. The highest BCUT2D eigenvalue weighted by atomic mass is 16.2. The lowest BCUT2D eigenvalue weighted by atomic mass is 10.0. The average Bonchev–Trinajstić information content (AvgIpc) is 2.48. The number of anilines is 1. The van der Waals surface area contributed by atoms with Crippen molar-refractivity contribution in [3.8, 4) is 0 Å². The van der Waals surface area contributed by atoms with Crippen LogP contribution in [0.25, 0.3) is 0 Å². The maximum absolute atomic E-state index is 12.2. The van der Waals surface area contributed by atoms with Crippen molar-refractivity contribution in [3.05, 3.63) is 65.7 Å². The van der Waals surface area contributed by atoms with Gasteiger partial charge in [0.2, 0.25) is 5.91 Å². The molecule has 0 bridgehead atoms.